The Morgan fingerprint density at radius 2 is 2.21 bits per heavy atom. The molecule has 5 nitrogen and oxygen atoms in total. The first kappa shape index (κ1) is 11.5. The van der Waals surface area contributed by atoms with Gasteiger partial charge in [0.1, 0.15) is 0 Å². The number of nitrogens with zero attached hydrogens (tertiary/aromatic N) is 3. The Balaban J connectivity index is 2.40. The molecule has 0 bridgehead atoms. The van der Waals surface area contributed by atoms with Gasteiger partial charge in [-0.25, -0.2) is 0 Å². The zero-order valence-electron chi connectivity index (χ0n) is 8.93. The van der Waals surface area contributed by atoms with E-state index in [1.165, 1.54) is 0 Å². The van der Waals surface area contributed by atoms with Crippen molar-refractivity contribution >= 4 is 8.32 Å². The van der Waals surface area contributed by atoms with Crippen molar-refractivity contribution in [3.05, 3.63) is 10.4 Å². The highest BCUT2D eigenvalue weighted by Gasteiger charge is 2.29. The van der Waals surface area contributed by atoms with E-state index in [4.69, 9.17) is 14.7 Å². The lowest BCUT2D eigenvalue weighted by atomic mass is 10.1. The van der Waals surface area contributed by atoms with Crippen LogP contribution in [0.4, 0.5) is 0 Å². The van der Waals surface area contributed by atoms with Crippen molar-refractivity contribution in [1.82, 2.24) is 0 Å². The summed E-state index contributed by atoms with van der Waals surface area (Å²) >= 11 is 0. The van der Waals surface area contributed by atoms with E-state index < -0.39 is 8.32 Å². The summed E-state index contributed by atoms with van der Waals surface area (Å²) in [6, 6.07) is -0.0450. The van der Waals surface area contributed by atoms with Gasteiger partial charge in [-0.2, -0.15) is 0 Å². The minimum Gasteiger partial charge on any atom is -0.417 e. The van der Waals surface area contributed by atoms with E-state index in [9.17, 15) is 0 Å². The molecule has 1 saturated heterocycles. The summed E-state index contributed by atoms with van der Waals surface area (Å²) in [5.74, 6) is 0.234. The van der Waals surface area contributed by atoms with E-state index in [-0.39, 0.29) is 12.0 Å². The number of hydrogen-bond acceptors (Lipinski definition) is 3. The lowest BCUT2D eigenvalue weighted by Crippen LogP contribution is -2.31. The molecule has 0 aliphatic carbocycles. The van der Waals surface area contributed by atoms with Crippen molar-refractivity contribution < 1.29 is 9.16 Å². The van der Waals surface area contributed by atoms with Gasteiger partial charge in [-0.3, -0.25) is 0 Å². The molecule has 0 amide bonds. The quantitative estimate of drug-likeness (QED) is 0.312. The molecule has 2 atom stereocenters. The molecule has 1 fully saturated rings. The second-order valence-electron chi connectivity index (χ2n) is 4.49. The first-order valence-corrected chi connectivity index (χ1v) is 8.19. The fraction of sp³-hybridized carbons (Fsp3) is 1.00. The highest BCUT2D eigenvalue weighted by molar-refractivity contribution is 6.69. The van der Waals surface area contributed by atoms with Gasteiger partial charge >= 0.3 is 0 Å². The Labute approximate surface area is 85.2 Å². The Hall–Kier alpha value is -0.553. The third kappa shape index (κ3) is 3.67. The van der Waals surface area contributed by atoms with E-state index in [1.807, 2.05) is 0 Å². The van der Waals surface area contributed by atoms with Crippen LogP contribution in [0.3, 0.4) is 0 Å². The standard InChI is InChI=1S/C8H17N3O2Si/c1-14(2,3)13-5-7-4-12-6-8(7)10-11-9/h7-8H,4-6H2,1-3H3/t7-,8+/m1/s1. The molecule has 1 heterocycles. The third-order valence-corrected chi connectivity index (χ3v) is 3.13. The largest absolute Gasteiger partial charge is 0.417 e. The van der Waals surface area contributed by atoms with Gasteiger partial charge < -0.3 is 9.16 Å². The number of azide groups is 1. The normalized spacial score (nSPS) is 27.4. The summed E-state index contributed by atoms with van der Waals surface area (Å²) in [6.07, 6.45) is 0. The highest BCUT2D eigenvalue weighted by atomic mass is 28.4. The number of rotatable bonds is 4. The van der Waals surface area contributed by atoms with Gasteiger partial charge in [-0.1, -0.05) is 5.11 Å². The van der Waals surface area contributed by atoms with E-state index >= 15 is 0 Å². The van der Waals surface area contributed by atoms with Crippen molar-refractivity contribution in [1.29, 1.82) is 0 Å². The Kier molecular flexibility index (Phi) is 3.94. The first-order chi connectivity index (χ1) is 6.53. The molecule has 1 aliphatic rings. The molecule has 0 aromatic rings. The van der Waals surface area contributed by atoms with E-state index in [2.05, 4.69) is 29.7 Å². The summed E-state index contributed by atoms with van der Waals surface area (Å²) in [5.41, 5.74) is 8.34. The topological polar surface area (TPSA) is 67.2 Å². The number of ether oxygens (including phenoxy) is 1. The number of hydrogen-bond donors (Lipinski definition) is 0. The SMILES string of the molecule is C[Si](C)(C)OC[C@H]1COC[C@@H]1N=[N+]=[N-]. The molecule has 0 N–H and O–H groups in total. The minimum atomic E-state index is -1.47. The molecule has 0 aromatic carbocycles. The van der Waals surface area contributed by atoms with Gasteiger partial charge in [-0.05, 0) is 25.2 Å². The summed E-state index contributed by atoms with van der Waals surface area (Å²) in [4.78, 5) is 2.81. The molecule has 0 unspecified atom stereocenters. The third-order valence-electron chi connectivity index (χ3n) is 2.10. The van der Waals surface area contributed by atoms with Crippen LogP contribution in [0.5, 0.6) is 0 Å². The Bertz CT molecular complexity index is 235. The fourth-order valence-corrected chi connectivity index (χ4v) is 2.01. The fourth-order valence-electron chi connectivity index (χ4n) is 1.30. The van der Waals surface area contributed by atoms with Gasteiger partial charge in [0.25, 0.3) is 0 Å². The lowest BCUT2D eigenvalue weighted by molar-refractivity contribution is 0.165. The van der Waals surface area contributed by atoms with Crippen molar-refractivity contribution in [2.75, 3.05) is 19.8 Å². The molecule has 0 spiro atoms. The van der Waals surface area contributed by atoms with Crippen LogP contribution in [0.2, 0.25) is 19.6 Å². The van der Waals surface area contributed by atoms with Crippen LogP contribution in [0.1, 0.15) is 0 Å². The maximum atomic E-state index is 8.34. The summed E-state index contributed by atoms with van der Waals surface area (Å²) < 4.78 is 11.0. The zero-order valence-corrected chi connectivity index (χ0v) is 9.93. The summed E-state index contributed by atoms with van der Waals surface area (Å²) in [6.45, 7) is 8.26. The lowest BCUT2D eigenvalue weighted by Gasteiger charge is -2.21. The van der Waals surface area contributed by atoms with E-state index in [1.54, 1.807) is 0 Å². The second-order valence-corrected chi connectivity index (χ2v) is 9.01. The Morgan fingerprint density at radius 3 is 2.79 bits per heavy atom. The summed E-state index contributed by atoms with van der Waals surface area (Å²) in [5, 5.41) is 3.70. The molecule has 1 aliphatic heterocycles. The predicted octanol–water partition coefficient (Wildman–Crippen LogP) is 2.16. The van der Waals surface area contributed by atoms with E-state index in [0.717, 1.165) is 0 Å². The van der Waals surface area contributed by atoms with Gasteiger partial charge in [0, 0.05) is 17.4 Å². The van der Waals surface area contributed by atoms with Crippen molar-refractivity contribution in [3.8, 4) is 0 Å². The molecule has 0 aromatic heterocycles. The first-order valence-electron chi connectivity index (χ1n) is 4.79. The van der Waals surface area contributed by atoms with Gasteiger partial charge in [0.2, 0.25) is 0 Å². The van der Waals surface area contributed by atoms with Crippen molar-refractivity contribution in [3.63, 3.8) is 0 Å². The predicted molar refractivity (Wildman–Crippen MR) is 56.5 cm³/mol. The minimum absolute atomic E-state index is 0.0450. The molecule has 6 heteroatoms. The maximum absolute atomic E-state index is 8.34. The monoisotopic (exact) mass is 215 g/mol. The molecule has 1 rings (SSSR count). The molecule has 0 radical (unpaired) electrons. The second kappa shape index (κ2) is 4.79. The van der Waals surface area contributed by atoms with Gasteiger partial charge in [0.15, 0.2) is 8.32 Å². The van der Waals surface area contributed by atoms with Gasteiger partial charge in [-0.15, -0.1) is 0 Å². The maximum Gasteiger partial charge on any atom is 0.183 e. The van der Waals surface area contributed by atoms with Crippen LogP contribution in [-0.2, 0) is 9.16 Å². The van der Waals surface area contributed by atoms with Crippen LogP contribution in [-0.4, -0.2) is 34.2 Å². The van der Waals surface area contributed by atoms with Crippen molar-refractivity contribution in [2.24, 2.45) is 11.0 Å². The van der Waals surface area contributed by atoms with Crippen LogP contribution < -0.4 is 0 Å². The molecular weight excluding hydrogens is 198 g/mol. The molecular formula is C8H17N3O2Si. The average Bonchev–Trinajstić information content (AvgIpc) is 2.48. The molecule has 0 saturated carbocycles. The average molecular weight is 215 g/mol. The molecule has 80 valence electrons. The van der Waals surface area contributed by atoms with Crippen LogP contribution in [0.25, 0.3) is 10.4 Å². The van der Waals surface area contributed by atoms with E-state index in [0.29, 0.717) is 19.8 Å². The zero-order chi connectivity index (χ0) is 10.6. The highest BCUT2D eigenvalue weighted by Crippen LogP contribution is 2.19. The van der Waals surface area contributed by atoms with Crippen LogP contribution >= 0.6 is 0 Å². The van der Waals surface area contributed by atoms with Crippen molar-refractivity contribution in [2.45, 2.75) is 25.7 Å². The van der Waals surface area contributed by atoms with Crippen LogP contribution in [0.15, 0.2) is 5.11 Å². The molecule has 14 heavy (non-hydrogen) atoms. The summed E-state index contributed by atoms with van der Waals surface area (Å²) in [7, 11) is -1.47. The Morgan fingerprint density at radius 1 is 1.50 bits per heavy atom. The van der Waals surface area contributed by atoms with Crippen LogP contribution in [0, 0.1) is 5.92 Å². The van der Waals surface area contributed by atoms with Gasteiger partial charge in [0.05, 0.1) is 19.3 Å². The smallest absolute Gasteiger partial charge is 0.183 e.